The maximum Gasteiger partial charge on any atom is 0.325 e. The van der Waals surface area contributed by atoms with Crippen molar-refractivity contribution in [2.75, 3.05) is 25.1 Å². The highest BCUT2D eigenvalue weighted by atomic mass is 32.2. The molecular formula is C22H33N5O5S. The Morgan fingerprint density at radius 3 is 2.61 bits per heavy atom. The summed E-state index contributed by atoms with van der Waals surface area (Å²) < 4.78 is 25.5. The number of amides is 4. The van der Waals surface area contributed by atoms with E-state index in [1.54, 1.807) is 11.7 Å². The molecule has 2 aliphatic heterocycles. The molecule has 11 heteroatoms. The van der Waals surface area contributed by atoms with E-state index in [9.17, 15) is 22.8 Å². The predicted molar refractivity (Wildman–Crippen MR) is 121 cm³/mol. The van der Waals surface area contributed by atoms with Crippen LogP contribution in [0.2, 0.25) is 0 Å². The molecule has 182 valence electrons. The van der Waals surface area contributed by atoms with Gasteiger partial charge in [0.25, 0.3) is 5.91 Å². The predicted octanol–water partition coefficient (Wildman–Crippen LogP) is 1.32. The van der Waals surface area contributed by atoms with Crippen LogP contribution in [0.3, 0.4) is 0 Å². The van der Waals surface area contributed by atoms with Crippen LogP contribution in [-0.4, -0.2) is 76.5 Å². The summed E-state index contributed by atoms with van der Waals surface area (Å²) in [6.45, 7) is 5.66. The van der Waals surface area contributed by atoms with Gasteiger partial charge in [-0.05, 0) is 39.0 Å². The Hall–Kier alpha value is -2.43. The molecule has 1 N–H and O–H groups in total. The van der Waals surface area contributed by atoms with Crippen molar-refractivity contribution in [1.82, 2.24) is 24.9 Å². The quantitative estimate of drug-likeness (QED) is 0.636. The zero-order valence-electron chi connectivity index (χ0n) is 19.8. The minimum absolute atomic E-state index is 0.0380. The van der Waals surface area contributed by atoms with E-state index in [0.29, 0.717) is 12.8 Å². The summed E-state index contributed by atoms with van der Waals surface area (Å²) in [5, 5.41) is 7.43. The van der Waals surface area contributed by atoms with Gasteiger partial charge in [-0.2, -0.15) is 5.10 Å². The number of nitrogens with one attached hydrogen (secondary N) is 1. The van der Waals surface area contributed by atoms with Crippen LogP contribution >= 0.6 is 0 Å². The van der Waals surface area contributed by atoms with Crippen molar-refractivity contribution in [2.45, 2.75) is 71.0 Å². The van der Waals surface area contributed by atoms with Gasteiger partial charge in [0.05, 0.1) is 23.2 Å². The first kappa shape index (κ1) is 23.7. The van der Waals surface area contributed by atoms with Gasteiger partial charge in [-0.15, -0.1) is 0 Å². The molecule has 33 heavy (non-hydrogen) atoms. The number of hydrogen-bond acceptors (Lipinski definition) is 6. The van der Waals surface area contributed by atoms with Crippen LogP contribution in [0, 0.1) is 19.8 Å². The van der Waals surface area contributed by atoms with E-state index in [1.165, 1.54) is 4.90 Å². The zero-order valence-corrected chi connectivity index (χ0v) is 20.6. The number of rotatable bonds is 5. The molecule has 3 heterocycles. The fourth-order valence-corrected chi connectivity index (χ4v) is 7.16. The highest BCUT2D eigenvalue weighted by Gasteiger charge is 2.55. The average Bonchev–Trinajstić information content (AvgIpc) is 3.33. The van der Waals surface area contributed by atoms with Crippen LogP contribution in [0.5, 0.6) is 0 Å². The highest BCUT2D eigenvalue weighted by Crippen LogP contribution is 2.38. The molecule has 10 nitrogen and oxygen atoms in total. The van der Waals surface area contributed by atoms with Crippen molar-refractivity contribution in [3.8, 4) is 0 Å². The van der Waals surface area contributed by atoms with Gasteiger partial charge in [0.15, 0.2) is 9.84 Å². The Balaban J connectivity index is 1.44. The Labute approximate surface area is 194 Å². The molecule has 1 aromatic rings. The lowest BCUT2D eigenvalue weighted by molar-refractivity contribution is -0.140. The van der Waals surface area contributed by atoms with Crippen LogP contribution in [0.15, 0.2) is 0 Å². The minimum atomic E-state index is -3.04. The molecule has 0 unspecified atom stereocenters. The lowest BCUT2D eigenvalue weighted by atomic mass is 9.73. The molecule has 3 atom stereocenters. The van der Waals surface area contributed by atoms with E-state index in [0.717, 1.165) is 41.1 Å². The lowest BCUT2D eigenvalue weighted by Gasteiger charge is -2.36. The second-order valence-electron chi connectivity index (χ2n) is 9.84. The van der Waals surface area contributed by atoms with Crippen LogP contribution in [0.1, 0.15) is 62.0 Å². The first-order chi connectivity index (χ1) is 15.4. The van der Waals surface area contributed by atoms with Crippen LogP contribution < -0.4 is 5.32 Å². The summed E-state index contributed by atoms with van der Waals surface area (Å²) in [6.07, 6.45) is 3.92. The van der Waals surface area contributed by atoms with Gasteiger partial charge in [0.1, 0.15) is 12.1 Å². The number of urea groups is 1. The third-order valence-electron chi connectivity index (χ3n) is 7.64. The molecule has 1 saturated carbocycles. The highest BCUT2D eigenvalue weighted by molar-refractivity contribution is 7.91. The van der Waals surface area contributed by atoms with Crippen molar-refractivity contribution in [2.24, 2.45) is 5.92 Å². The number of hydrogen-bond donors (Lipinski definition) is 1. The van der Waals surface area contributed by atoms with Gasteiger partial charge in [0, 0.05) is 24.8 Å². The summed E-state index contributed by atoms with van der Waals surface area (Å²) in [5.41, 5.74) is 1.54. The average molecular weight is 480 g/mol. The molecule has 1 aromatic heterocycles. The SMILES string of the molecule is Cc1nn([C@@H]2CCS(=O)(=O)C2)c(C)c1CN(C)C(=O)CN1C(=O)N[C@@]2(CCCC[C@H]2C)C1=O. The summed E-state index contributed by atoms with van der Waals surface area (Å²) in [6, 6.07) is -0.693. The van der Waals surface area contributed by atoms with Crippen molar-refractivity contribution >= 4 is 27.7 Å². The number of nitrogens with zero attached hydrogens (tertiary/aromatic N) is 4. The number of likely N-dealkylation sites (N-methyl/N-ethyl adjacent to an activating group) is 1. The Bertz CT molecular complexity index is 1100. The van der Waals surface area contributed by atoms with Gasteiger partial charge in [-0.25, -0.2) is 13.2 Å². The molecule has 4 rings (SSSR count). The van der Waals surface area contributed by atoms with Crippen molar-refractivity contribution < 1.29 is 22.8 Å². The van der Waals surface area contributed by atoms with Crippen LogP contribution in [0.4, 0.5) is 4.79 Å². The molecular weight excluding hydrogens is 446 g/mol. The minimum Gasteiger partial charge on any atom is -0.340 e. The molecule has 0 bridgehead atoms. The van der Waals surface area contributed by atoms with Gasteiger partial charge in [0.2, 0.25) is 5.91 Å². The third-order valence-corrected chi connectivity index (χ3v) is 9.40. The van der Waals surface area contributed by atoms with Crippen LogP contribution in [-0.2, 0) is 26.0 Å². The Morgan fingerprint density at radius 1 is 1.24 bits per heavy atom. The van der Waals surface area contributed by atoms with Gasteiger partial charge in [-0.3, -0.25) is 19.2 Å². The maximum atomic E-state index is 13.1. The van der Waals surface area contributed by atoms with Gasteiger partial charge in [-0.1, -0.05) is 19.8 Å². The monoisotopic (exact) mass is 479 g/mol. The van der Waals surface area contributed by atoms with Crippen molar-refractivity contribution in [1.29, 1.82) is 0 Å². The molecule has 3 aliphatic rings. The number of aryl methyl sites for hydroxylation is 1. The number of aromatic nitrogens is 2. The Kier molecular flexibility index (Phi) is 6.05. The first-order valence-corrected chi connectivity index (χ1v) is 13.4. The number of carbonyl (C=O) groups excluding carboxylic acids is 3. The molecule has 0 radical (unpaired) electrons. The molecule has 4 amide bonds. The van der Waals surface area contributed by atoms with Crippen molar-refractivity contribution in [3.63, 3.8) is 0 Å². The zero-order chi connectivity index (χ0) is 24.1. The number of carbonyl (C=O) groups is 3. The lowest BCUT2D eigenvalue weighted by Crippen LogP contribution is -2.54. The summed E-state index contributed by atoms with van der Waals surface area (Å²) in [4.78, 5) is 41.2. The first-order valence-electron chi connectivity index (χ1n) is 11.6. The van der Waals surface area contributed by atoms with E-state index in [1.807, 2.05) is 20.8 Å². The van der Waals surface area contributed by atoms with Gasteiger partial charge >= 0.3 is 6.03 Å². The van der Waals surface area contributed by atoms with E-state index in [4.69, 9.17) is 0 Å². The van der Waals surface area contributed by atoms with E-state index in [2.05, 4.69) is 10.4 Å². The standard InChI is InChI=1S/C22H33N5O5S/c1-14-7-5-6-9-22(14)20(29)26(21(30)23-22)12-19(28)25(4)11-18-15(2)24-27(16(18)3)17-8-10-33(31,32)13-17/h14,17H,5-13H2,1-4H3,(H,23,30)/t14-,17-,22-/m1/s1. The molecule has 2 saturated heterocycles. The molecule has 3 fully saturated rings. The fourth-order valence-electron chi connectivity index (χ4n) is 5.47. The molecule has 1 spiro atoms. The maximum absolute atomic E-state index is 13.1. The van der Waals surface area contributed by atoms with E-state index >= 15 is 0 Å². The second-order valence-corrected chi connectivity index (χ2v) is 12.1. The van der Waals surface area contributed by atoms with E-state index < -0.39 is 21.4 Å². The van der Waals surface area contributed by atoms with E-state index in [-0.39, 0.29) is 48.4 Å². The second kappa shape index (κ2) is 8.41. The smallest absolute Gasteiger partial charge is 0.325 e. The summed E-state index contributed by atoms with van der Waals surface area (Å²) in [5.74, 6) is -0.361. The fraction of sp³-hybridized carbons (Fsp3) is 0.727. The van der Waals surface area contributed by atoms with Crippen LogP contribution in [0.25, 0.3) is 0 Å². The third kappa shape index (κ3) is 4.15. The largest absolute Gasteiger partial charge is 0.340 e. The summed E-state index contributed by atoms with van der Waals surface area (Å²) in [7, 11) is -1.41. The molecule has 1 aliphatic carbocycles. The Morgan fingerprint density at radius 2 is 1.97 bits per heavy atom. The summed E-state index contributed by atoms with van der Waals surface area (Å²) >= 11 is 0. The van der Waals surface area contributed by atoms with Crippen molar-refractivity contribution in [3.05, 3.63) is 17.0 Å². The normalized spacial score (nSPS) is 29.0. The molecule has 0 aromatic carbocycles. The topological polar surface area (TPSA) is 122 Å². The van der Waals surface area contributed by atoms with Gasteiger partial charge < -0.3 is 10.2 Å². The number of sulfone groups is 1. The number of imide groups is 1.